The smallest absolute Gasteiger partial charge is 0.280 e. The molecule has 0 saturated heterocycles. The molecule has 137 heavy (non-hydrogen) atoms. The van der Waals surface area contributed by atoms with Crippen LogP contribution in [-0.2, 0) is 30.1 Å². The fraction of sp³-hybridized carbons (Fsp3) is 0.180. The van der Waals surface area contributed by atoms with Crippen molar-refractivity contribution in [3.63, 3.8) is 0 Å². The van der Waals surface area contributed by atoms with Gasteiger partial charge in [-0.15, -0.1) is 37.0 Å². The Hall–Kier alpha value is -14.2. The lowest BCUT2D eigenvalue weighted by molar-refractivity contribution is 0.0635. The Morgan fingerprint density at radius 3 is 1.17 bits per heavy atom. The van der Waals surface area contributed by atoms with E-state index in [0.29, 0.717) is 125 Å². The molecule has 1 unspecified atom stereocenters. The van der Waals surface area contributed by atoms with Gasteiger partial charge >= 0.3 is 0 Å². The number of carbonyl (C=O) groups excluding carboxylic acids is 4. The van der Waals surface area contributed by atoms with Crippen LogP contribution in [0, 0.1) is 68.9 Å². The average molecular weight is 1980 g/mol. The van der Waals surface area contributed by atoms with Gasteiger partial charge in [0.25, 0.3) is 49.4 Å². The highest BCUT2D eigenvalue weighted by Crippen LogP contribution is 2.35. The molecule has 0 aliphatic carbocycles. The molecule has 2 aliphatic heterocycles. The van der Waals surface area contributed by atoms with Crippen molar-refractivity contribution in [1.82, 2.24) is 52.7 Å². The van der Waals surface area contributed by atoms with Gasteiger partial charge in [-0.25, -0.2) is 65.4 Å². The Kier molecular flexibility index (Phi) is 36.1. The number of terminal acetylenes is 3. The second-order valence-electron chi connectivity index (χ2n) is 30.9. The van der Waals surface area contributed by atoms with Gasteiger partial charge in [-0.05, 0) is 205 Å². The highest BCUT2D eigenvalue weighted by atomic mass is 35.7. The maximum Gasteiger partial charge on any atom is 0.280 e. The van der Waals surface area contributed by atoms with Gasteiger partial charge in [-0.1, -0.05) is 167 Å². The number of anilines is 3. The van der Waals surface area contributed by atoms with E-state index in [-0.39, 0.29) is 102 Å². The molecule has 4 amide bonds. The number of hydrogen-bond acceptors (Lipinski definition) is 22. The zero-order chi connectivity index (χ0) is 97.5. The number of nitrogens with zero attached hydrogens (tertiary/aromatic N) is 10. The van der Waals surface area contributed by atoms with Gasteiger partial charge in [0.1, 0.15) is 16.8 Å². The lowest BCUT2D eigenvalue weighted by Crippen LogP contribution is -2.42. The van der Waals surface area contributed by atoms with E-state index in [2.05, 4.69) is 39.4 Å². The number of aromatic nitrogens is 6. The molecule has 3 aromatic heterocycles. The number of aryl methyl sites for hydroxylation is 3. The van der Waals surface area contributed by atoms with E-state index in [1.54, 1.807) is 150 Å². The van der Waals surface area contributed by atoms with E-state index in [0.717, 1.165) is 21.6 Å². The number of amides is 4. The summed E-state index contributed by atoms with van der Waals surface area (Å²) >= 11 is 18.7. The van der Waals surface area contributed by atoms with Gasteiger partial charge in [0.15, 0.2) is 11.6 Å². The van der Waals surface area contributed by atoms with Gasteiger partial charge in [0.2, 0.25) is 10.0 Å². The van der Waals surface area contributed by atoms with Crippen molar-refractivity contribution < 1.29 is 47.1 Å². The SMILES string of the molecule is C#CC[C@@H](NCCCN1C(=O)c2ccccc2C1=O)c1nc2cc(Cl)ccc2c(=O)n1Nc1ccccc1.C#CC[C@H](c1nc2cc(Cl)ccc2c(=O)n1Nc1ccccc1)N(CCCN)S(=O)c1ccc(C)cc1.C#CC[C@H](c1nc2cc(Cl)ccc2c(=O)n1Nc1ccccc1)N(CCCN1C(=O)c2ccccc2C1=O)S(=O)(=O)c1ccc(C)cc1.Cc1ccc(S(=O)(=O)Cl)cc1.N=N.O.[HH]. The van der Waals surface area contributed by atoms with Crippen LogP contribution in [0.1, 0.15) is 134 Å². The molecule has 16 rings (SSSR count). The summed E-state index contributed by atoms with van der Waals surface area (Å²) in [5.41, 5.74) is 31.6. The van der Waals surface area contributed by atoms with Gasteiger partial charge in [0, 0.05) is 72.6 Å². The monoisotopic (exact) mass is 1980 g/mol. The molecule has 0 saturated carbocycles. The first-order chi connectivity index (χ1) is 65.5. The van der Waals surface area contributed by atoms with E-state index in [9.17, 15) is 54.6 Å². The molecule has 11 aromatic carbocycles. The summed E-state index contributed by atoms with van der Waals surface area (Å²) in [5, 5.41) is 5.67. The third-order valence-corrected chi connectivity index (χ3v) is 27.1. The van der Waals surface area contributed by atoms with Gasteiger partial charge in [-0.2, -0.15) is 4.31 Å². The molecule has 0 radical (unpaired) electrons. The summed E-state index contributed by atoms with van der Waals surface area (Å²) in [6.07, 6.45) is 18.8. The number of rotatable bonds is 31. The molecule has 37 heteroatoms. The second kappa shape index (κ2) is 47.8. The predicted molar refractivity (Wildman–Crippen MR) is 537 cm³/mol. The molecule has 2 aliphatic rings. The first-order valence-electron chi connectivity index (χ1n) is 42.4. The van der Waals surface area contributed by atoms with Gasteiger partial charge in [0.05, 0.1) is 105 Å². The second-order valence-corrected chi connectivity index (χ2v) is 38.1. The van der Waals surface area contributed by atoms with Crippen LogP contribution in [0.4, 0.5) is 17.1 Å². The first kappa shape index (κ1) is 103. The Morgan fingerprint density at radius 2 is 0.788 bits per heavy atom. The summed E-state index contributed by atoms with van der Waals surface area (Å²) in [6.45, 7) is 6.94. The van der Waals surface area contributed by atoms with Crippen LogP contribution >= 0.6 is 45.5 Å². The van der Waals surface area contributed by atoms with Crippen LogP contribution in [0.2, 0.25) is 15.1 Å². The quantitative estimate of drug-likeness (QED) is 0.00697. The molecular weight excluding hydrogens is 1890 g/mol. The van der Waals surface area contributed by atoms with Crippen LogP contribution in [0.15, 0.2) is 296 Å². The van der Waals surface area contributed by atoms with E-state index < -0.39 is 65.6 Å². The molecule has 10 N–H and O–H groups in total. The highest BCUT2D eigenvalue weighted by Gasteiger charge is 2.40. The van der Waals surface area contributed by atoms with Crippen molar-refractivity contribution in [2.45, 2.75) is 92.1 Å². The first-order valence-corrected chi connectivity index (χ1v) is 48.4. The summed E-state index contributed by atoms with van der Waals surface area (Å²) < 4.78 is 71.2. The third-order valence-electron chi connectivity index (χ3n) is 21.6. The minimum atomic E-state index is -4.29. The van der Waals surface area contributed by atoms with Crippen LogP contribution < -0.4 is 44.0 Å². The minimum Gasteiger partial charge on any atom is -0.412 e. The molecule has 0 fully saturated rings. The van der Waals surface area contributed by atoms with E-state index in [1.165, 1.54) is 53.6 Å². The van der Waals surface area contributed by atoms with Crippen molar-refractivity contribution in [3.8, 4) is 37.0 Å². The van der Waals surface area contributed by atoms with Gasteiger partial charge in [-0.3, -0.25) is 59.6 Å². The summed E-state index contributed by atoms with van der Waals surface area (Å²) in [6, 6.07) is 73.3. The van der Waals surface area contributed by atoms with E-state index in [1.807, 2.05) is 112 Å². The molecule has 704 valence electrons. The number of sulfonamides is 1. The molecule has 4 atom stereocenters. The van der Waals surface area contributed by atoms with Crippen molar-refractivity contribution >= 4 is 149 Å². The molecule has 0 spiro atoms. The molecule has 30 nitrogen and oxygen atoms in total. The number of halogens is 4. The van der Waals surface area contributed by atoms with Crippen molar-refractivity contribution in [1.29, 1.82) is 11.1 Å². The van der Waals surface area contributed by atoms with Crippen LogP contribution in [0.5, 0.6) is 0 Å². The number of nitrogens with one attached hydrogen (secondary N) is 6. The largest absolute Gasteiger partial charge is 0.412 e. The summed E-state index contributed by atoms with van der Waals surface area (Å²) in [4.78, 5) is 110. The molecule has 14 aromatic rings. The Bertz CT molecular complexity index is 7300. The van der Waals surface area contributed by atoms with Gasteiger partial charge < -0.3 is 16.5 Å². The Morgan fingerprint density at radius 1 is 0.445 bits per heavy atom. The number of imide groups is 2. The standard InChI is InChI=1S/C36H30ClN5O5S.C29H24ClN5O3.C28H28ClN5O2S.C7H7ClO2S.H2N2.H2O.H2/c1-3-10-32(33-38-31-23-25(37)17-20-30(31)36(45)42(33)39-26-11-5-4-6-12-26)41(48(46,47)27-18-15-24(2)16-19-27)22-9-21-40-34(43)28-13-7-8-14-29(28)35(40)44;1-2-9-24(31-16-8-17-34-27(36)21-12-6-7-13-22(21)28(34)37)26-32-25-18-19(30)14-15-23(25)29(38)35(26)33-20-10-4-3-5-11-20;1-3-8-26(33(18-7-17-30)37(36)23-14-11-20(2)12-15-23)27-31-25-19-21(29)13-16-24(25)28(35)34(27)32-22-9-5-4-6-10-22;1-6-2-4-7(5-3-6)11(8,9)10;1-2;;/h1,4-8,11-20,23,32,39H,9-10,21-22H2,2H3;1,3-7,10-15,18,24,31,33H,8-9,16-17H2;1,4-6,9-16,19,26,32H,7-8,17-18,30H2,2H3;2-5H,1H3;1-2H;1H2;1H/t32-;24-;26-,37?;;;;/m111..../s1. The number of hydrogen-bond donors (Lipinski definition) is 7. The summed E-state index contributed by atoms with van der Waals surface area (Å²) in [7, 11) is -4.34. The normalized spacial score (nSPS) is 12.9. The number of para-hydroxylation sites is 3. The topological polar surface area (TPSA) is 425 Å². The molecule has 0 bridgehead atoms. The third kappa shape index (κ3) is 24.9. The minimum absolute atomic E-state index is 0. The maximum absolute atomic E-state index is 14.5. The van der Waals surface area contributed by atoms with Crippen LogP contribution in [-0.4, -0.2) is 137 Å². The van der Waals surface area contributed by atoms with E-state index >= 15 is 0 Å². The number of carbonyl (C=O) groups is 4. The maximum atomic E-state index is 14.5. The van der Waals surface area contributed by atoms with Crippen LogP contribution in [0.25, 0.3) is 32.7 Å². The van der Waals surface area contributed by atoms with Crippen molar-refractivity contribution in [3.05, 3.63) is 369 Å². The Balaban J connectivity index is 0.000000200. The van der Waals surface area contributed by atoms with Crippen LogP contribution in [0.3, 0.4) is 0 Å². The zero-order valence-electron chi connectivity index (χ0n) is 74.0. The highest BCUT2D eigenvalue weighted by molar-refractivity contribution is 8.13. The molecule has 5 heterocycles. The fourth-order valence-electron chi connectivity index (χ4n) is 14.9. The molecular formula is C100H95Cl4N17O13S3. The van der Waals surface area contributed by atoms with Crippen molar-refractivity contribution in [2.24, 2.45) is 5.73 Å². The zero-order valence-corrected chi connectivity index (χ0v) is 79.5. The predicted octanol–water partition coefficient (Wildman–Crippen LogP) is 16.6. The number of fused-ring (bicyclic) bond motifs is 5. The van der Waals surface area contributed by atoms with E-state index in [4.69, 9.17) is 96.5 Å². The lowest BCUT2D eigenvalue weighted by atomic mass is 10.1. The summed E-state index contributed by atoms with van der Waals surface area (Å²) in [5.74, 6) is 7.21. The Labute approximate surface area is 813 Å². The number of benzene rings is 11. The van der Waals surface area contributed by atoms with Crippen molar-refractivity contribution in [2.75, 3.05) is 55.5 Å². The number of nitrogens with two attached hydrogens (primary N) is 1. The average Bonchev–Trinajstić information content (AvgIpc) is 1.34. The fourth-order valence-corrected chi connectivity index (χ4v) is 19.1. The lowest BCUT2D eigenvalue weighted by Gasteiger charge is -2.31.